The fraction of sp³-hybridized carbons (Fsp3) is 0.160. The number of aromatic nitrogens is 2. The molecule has 0 atom stereocenters. The number of nitrogens with one attached hydrogen (secondary N) is 1. The molecule has 4 aromatic rings. The van der Waals surface area contributed by atoms with Gasteiger partial charge in [0.25, 0.3) is 0 Å². The fourth-order valence-corrected chi connectivity index (χ4v) is 3.58. The average molecular weight is 413 g/mol. The molecule has 31 heavy (non-hydrogen) atoms. The van der Waals surface area contributed by atoms with Crippen LogP contribution in [0, 0.1) is 0 Å². The van der Waals surface area contributed by atoms with E-state index in [0.29, 0.717) is 18.4 Å². The monoisotopic (exact) mass is 413 g/mol. The quantitative estimate of drug-likeness (QED) is 0.497. The highest BCUT2D eigenvalue weighted by atomic mass is 16.5. The number of para-hydroxylation sites is 1. The molecule has 0 spiro atoms. The van der Waals surface area contributed by atoms with Crippen molar-refractivity contribution >= 4 is 22.5 Å². The summed E-state index contributed by atoms with van der Waals surface area (Å²) in [7, 11) is 1.64. The first-order chi connectivity index (χ1) is 15.1. The molecule has 0 aliphatic carbocycles. The summed E-state index contributed by atoms with van der Waals surface area (Å²) in [5.41, 5.74) is 3.48. The van der Waals surface area contributed by atoms with E-state index in [-0.39, 0.29) is 17.8 Å². The number of fused-ring (bicyclic) bond motifs is 1. The number of methoxy groups -OCH3 is 1. The van der Waals surface area contributed by atoms with Crippen LogP contribution in [0.4, 0.5) is 5.69 Å². The third-order valence-electron chi connectivity index (χ3n) is 5.11. The molecule has 0 aliphatic heterocycles. The highest BCUT2D eigenvalue weighted by Gasteiger charge is 2.10. The molecule has 156 valence electrons. The zero-order valence-corrected chi connectivity index (χ0v) is 17.2. The van der Waals surface area contributed by atoms with E-state index in [4.69, 9.17) is 4.74 Å². The van der Waals surface area contributed by atoms with E-state index in [9.17, 15) is 9.59 Å². The molecule has 6 heteroatoms. The van der Waals surface area contributed by atoms with Gasteiger partial charge in [0.2, 0.25) is 11.3 Å². The molecule has 3 aromatic carbocycles. The second-order valence-corrected chi connectivity index (χ2v) is 7.24. The van der Waals surface area contributed by atoms with Gasteiger partial charge < -0.3 is 10.1 Å². The van der Waals surface area contributed by atoms with Gasteiger partial charge in [-0.25, -0.2) is 0 Å². The number of rotatable bonds is 7. The lowest BCUT2D eigenvalue weighted by Gasteiger charge is -2.13. The molecule has 4 rings (SSSR count). The van der Waals surface area contributed by atoms with Crippen LogP contribution >= 0.6 is 0 Å². The predicted molar refractivity (Wildman–Crippen MR) is 121 cm³/mol. The van der Waals surface area contributed by atoms with E-state index in [2.05, 4.69) is 22.5 Å². The van der Waals surface area contributed by atoms with E-state index in [1.165, 1.54) is 11.8 Å². The summed E-state index contributed by atoms with van der Waals surface area (Å²) in [6, 6.07) is 23.0. The lowest BCUT2D eigenvalue weighted by Crippen LogP contribution is -2.18. The number of carbonyl (C=O) groups excluding carboxylic acids is 1. The number of aryl methyl sites for hydroxylation is 1. The maximum absolute atomic E-state index is 12.6. The first kappa shape index (κ1) is 20.3. The Labute approximate surface area is 180 Å². The van der Waals surface area contributed by atoms with E-state index in [0.717, 1.165) is 22.5 Å². The van der Waals surface area contributed by atoms with Crippen molar-refractivity contribution in [3.63, 3.8) is 0 Å². The smallest absolute Gasteiger partial charge is 0.226 e. The van der Waals surface area contributed by atoms with Crippen LogP contribution in [0.2, 0.25) is 0 Å². The lowest BCUT2D eigenvalue weighted by molar-refractivity contribution is -0.116. The van der Waals surface area contributed by atoms with Gasteiger partial charge in [0.15, 0.2) is 0 Å². The van der Waals surface area contributed by atoms with E-state index in [1.54, 1.807) is 17.9 Å². The van der Waals surface area contributed by atoms with E-state index in [1.807, 2.05) is 54.6 Å². The van der Waals surface area contributed by atoms with Gasteiger partial charge in [0.1, 0.15) is 5.75 Å². The minimum Gasteiger partial charge on any atom is -0.496 e. The molecule has 1 amide bonds. The molecule has 0 radical (unpaired) electrons. The minimum atomic E-state index is -0.125. The number of hydrogen-bond donors (Lipinski definition) is 1. The normalized spacial score (nSPS) is 10.7. The van der Waals surface area contributed by atoms with Crippen LogP contribution in [-0.2, 0) is 17.8 Å². The summed E-state index contributed by atoms with van der Waals surface area (Å²) in [6.45, 7) is 0.375. The van der Waals surface area contributed by atoms with Crippen LogP contribution in [0.25, 0.3) is 10.9 Å². The molecule has 0 saturated carbocycles. The average Bonchev–Trinajstić information content (AvgIpc) is 2.80. The fourth-order valence-electron chi connectivity index (χ4n) is 3.58. The van der Waals surface area contributed by atoms with Gasteiger partial charge in [0.05, 0.1) is 25.4 Å². The van der Waals surface area contributed by atoms with Gasteiger partial charge in [-0.1, -0.05) is 42.5 Å². The van der Waals surface area contributed by atoms with Gasteiger partial charge in [-0.15, -0.1) is 0 Å². The Hall–Kier alpha value is -3.93. The second kappa shape index (κ2) is 9.26. The van der Waals surface area contributed by atoms with Gasteiger partial charge in [-0.3, -0.25) is 14.3 Å². The molecule has 0 fully saturated rings. The van der Waals surface area contributed by atoms with Crippen LogP contribution in [-0.4, -0.2) is 22.8 Å². The number of hydrogen-bond acceptors (Lipinski definition) is 4. The highest BCUT2D eigenvalue weighted by Crippen LogP contribution is 2.25. The number of nitrogens with zero attached hydrogens (tertiary/aromatic N) is 2. The standard InChI is InChI=1S/C25H23N3O3/c1-31-24-12-11-20(16-19(24)15-18-7-3-2-4-8-18)27-25(30)13-14-28-22-10-6-5-9-21(22)23(29)17-26-28/h2-12,16-17H,13-15H2,1H3,(H,27,30). The molecule has 0 aliphatic rings. The number of benzene rings is 3. The predicted octanol–water partition coefficient (Wildman–Crippen LogP) is 4.02. The molecule has 0 bridgehead atoms. The largest absolute Gasteiger partial charge is 0.496 e. The SMILES string of the molecule is COc1ccc(NC(=O)CCn2ncc(=O)c3ccccc32)cc1Cc1ccccc1. The minimum absolute atomic E-state index is 0.125. The van der Waals surface area contributed by atoms with Crippen LogP contribution in [0.15, 0.2) is 83.8 Å². The topological polar surface area (TPSA) is 73.2 Å². The zero-order valence-electron chi connectivity index (χ0n) is 17.2. The molecule has 0 unspecified atom stereocenters. The van der Waals surface area contributed by atoms with Crippen LogP contribution in [0.1, 0.15) is 17.5 Å². The third-order valence-corrected chi connectivity index (χ3v) is 5.11. The van der Waals surface area contributed by atoms with Crippen molar-refractivity contribution in [3.05, 3.63) is 100 Å². The zero-order chi connectivity index (χ0) is 21.6. The Balaban J connectivity index is 1.46. The Bertz CT molecular complexity index is 1270. The molecular weight excluding hydrogens is 390 g/mol. The Kier molecular flexibility index (Phi) is 6.08. The molecule has 1 N–H and O–H groups in total. The molecule has 0 saturated heterocycles. The molecular formula is C25H23N3O3. The van der Waals surface area contributed by atoms with Crippen molar-refractivity contribution in [1.82, 2.24) is 9.78 Å². The summed E-state index contributed by atoms with van der Waals surface area (Å²) >= 11 is 0. The molecule has 6 nitrogen and oxygen atoms in total. The first-order valence-corrected chi connectivity index (χ1v) is 10.1. The maximum Gasteiger partial charge on any atom is 0.226 e. The van der Waals surface area contributed by atoms with Crippen molar-refractivity contribution in [2.75, 3.05) is 12.4 Å². The summed E-state index contributed by atoms with van der Waals surface area (Å²) in [4.78, 5) is 24.5. The highest BCUT2D eigenvalue weighted by molar-refractivity contribution is 5.91. The van der Waals surface area contributed by atoms with Gasteiger partial charge in [-0.05, 0) is 35.9 Å². The molecule has 1 aromatic heterocycles. The third kappa shape index (κ3) is 4.80. The Morgan fingerprint density at radius 1 is 1.03 bits per heavy atom. The lowest BCUT2D eigenvalue weighted by atomic mass is 10.0. The first-order valence-electron chi connectivity index (χ1n) is 10.1. The van der Waals surface area contributed by atoms with Crippen LogP contribution in [0.3, 0.4) is 0 Å². The van der Waals surface area contributed by atoms with Crippen molar-refractivity contribution in [1.29, 1.82) is 0 Å². The number of ether oxygens (including phenoxy) is 1. The van der Waals surface area contributed by atoms with Crippen LogP contribution in [0.5, 0.6) is 5.75 Å². The summed E-state index contributed by atoms with van der Waals surface area (Å²) in [5.74, 6) is 0.659. The van der Waals surface area contributed by atoms with Crippen molar-refractivity contribution in [2.24, 2.45) is 0 Å². The second-order valence-electron chi connectivity index (χ2n) is 7.24. The summed E-state index contributed by atoms with van der Waals surface area (Å²) in [6.07, 6.45) is 2.24. The number of anilines is 1. The van der Waals surface area contributed by atoms with Gasteiger partial charge in [0, 0.05) is 29.5 Å². The van der Waals surface area contributed by atoms with E-state index < -0.39 is 0 Å². The van der Waals surface area contributed by atoms with Crippen molar-refractivity contribution < 1.29 is 9.53 Å². The van der Waals surface area contributed by atoms with Crippen molar-refractivity contribution in [3.8, 4) is 5.75 Å². The van der Waals surface area contributed by atoms with Crippen molar-refractivity contribution in [2.45, 2.75) is 19.4 Å². The number of carbonyl (C=O) groups is 1. The summed E-state index contributed by atoms with van der Waals surface area (Å²) in [5, 5.41) is 7.72. The summed E-state index contributed by atoms with van der Waals surface area (Å²) < 4.78 is 7.17. The maximum atomic E-state index is 12.6. The van der Waals surface area contributed by atoms with Crippen LogP contribution < -0.4 is 15.5 Å². The number of amides is 1. The van der Waals surface area contributed by atoms with E-state index >= 15 is 0 Å². The van der Waals surface area contributed by atoms with Gasteiger partial charge >= 0.3 is 0 Å². The Morgan fingerprint density at radius 3 is 2.61 bits per heavy atom. The van der Waals surface area contributed by atoms with Gasteiger partial charge in [-0.2, -0.15) is 5.10 Å². The molecule has 1 heterocycles. The Morgan fingerprint density at radius 2 is 1.81 bits per heavy atom.